The van der Waals surface area contributed by atoms with Gasteiger partial charge in [-0.05, 0) is 25.9 Å². The molecule has 0 unspecified atom stereocenters. The fourth-order valence-electron chi connectivity index (χ4n) is 1.74. The van der Waals surface area contributed by atoms with Gasteiger partial charge in [-0.3, -0.25) is 4.90 Å². The third kappa shape index (κ3) is 2.74. The normalized spacial score (nSPS) is 16.6. The Morgan fingerprint density at radius 2 is 2.12 bits per heavy atom. The van der Waals surface area contributed by atoms with Crippen molar-refractivity contribution in [1.82, 2.24) is 14.9 Å². The highest BCUT2D eigenvalue weighted by atomic mass is 35.5. The van der Waals surface area contributed by atoms with E-state index >= 15 is 0 Å². The molecule has 1 saturated heterocycles. The second-order valence-corrected chi connectivity index (χ2v) is 4.15. The fraction of sp³-hybridized carbons (Fsp3) is 0.600. The molecule has 0 amide bonds. The van der Waals surface area contributed by atoms with Crippen LogP contribution in [0.1, 0.15) is 12.8 Å². The minimum atomic E-state index is 0.257. The highest BCUT2D eigenvalue weighted by Crippen LogP contribution is 2.25. The van der Waals surface area contributed by atoms with E-state index in [1.807, 2.05) is 0 Å². The molecule has 1 aromatic heterocycles. The molecular formula is C10H15ClN4O. The van der Waals surface area contributed by atoms with Gasteiger partial charge in [0.1, 0.15) is 23.8 Å². The SMILES string of the molecule is Nc1ncnc(OCCN2CCCC2)c1Cl. The summed E-state index contributed by atoms with van der Waals surface area (Å²) in [6, 6.07) is 0. The Morgan fingerprint density at radius 1 is 1.38 bits per heavy atom. The Bertz CT molecular complexity index is 355. The summed E-state index contributed by atoms with van der Waals surface area (Å²) in [5.74, 6) is 0.626. The Morgan fingerprint density at radius 3 is 2.88 bits per heavy atom. The van der Waals surface area contributed by atoms with E-state index in [9.17, 15) is 0 Å². The molecule has 2 heterocycles. The number of hydrogen-bond donors (Lipinski definition) is 1. The van der Waals surface area contributed by atoms with Gasteiger partial charge in [-0.25, -0.2) is 9.97 Å². The van der Waals surface area contributed by atoms with Crippen LogP contribution in [-0.4, -0.2) is 41.1 Å². The van der Waals surface area contributed by atoms with E-state index in [2.05, 4.69) is 14.9 Å². The van der Waals surface area contributed by atoms with Crippen molar-refractivity contribution in [3.63, 3.8) is 0 Å². The summed E-state index contributed by atoms with van der Waals surface area (Å²) in [7, 11) is 0. The van der Waals surface area contributed by atoms with Gasteiger partial charge in [0.05, 0.1) is 0 Å². The van der Waals surface area contributed by atoms with Gasteiger partial charge in [0.25, 0.3) is 0 Å². The second kappa shape index (κ2) is 5.32. The molecule has 6 heteroatoms. The van der Waals surface area contributed by atoms with E-state index in [1.54, 1.807) is 0 Å². The standard InChI is InChI=1S/C10H15ClN4O/c11-8-9(12)13-7-14-10(8)16-6-5-15-3-1-2-4-15/h7H,1-6H2,(H2,12,13,14). The summed E-state index contributed by atoms with van der Waals surface area (Å²) in [5.41, 5.74) is 5.54. The zero-order valence-corrected chi connectivity index (χ0v) is 9.78. The summed E-state index contributed by atoms with van der Waals surface area (Å²) in [6.07, 6.45) is 3.91. The van der Waals surface area contributed by atoms with Crippen molar-refractivity contribution in [2.24, 2.45) is 0 Å². The second-order valence-electron chi connectivity index (χ2n) is 3.78. The maximum atomic E-state index is 5.90. The van der Waals surface area contributed by atoms with Crippen molar-refractivity contribution in [1.29, 1.82) is 0 Å². The number of ether oxygens (including phenoxy) is 1. The van der Waals surface area contributed by atoms with Crippen LogP contribution in [0.3, 0.4) is 0 Å². The van der Waals surface area contributed by atoms with Crippen LogP contribution in [0.4, 0.5) is 5.82 Å². The van der Waals surface area contributed by atoms with Crippen LogP contribution < -0.4 is 10.5 Å². The highest BCUT2D eigenvalue weighted by Gasteiger charge is 2.12. The number of hydrogen-bond acceptors (Lipinski definition) is 5. The molecule has 0 atom stereocenters. The smallest absolute Gasteiger partial charge is 0.237 e. The van der Waals surface area contributed by atoms with Gasteiger partial charge in [-0.1, -0.05) is 11.6 Å². The maximum absolute atomic E-state index is 5.90. The first-order chi connectivity index (χ1) is 7.77. The summed E-state index contributed by atoms with van der Waals surface area (Å²) < 4.78 is 5.47. The van der Waals surface area contributed by atoms with E-state index in [0.717, 1.165) is 19.6 Å². The number of nitrogens with two attached hydrogens (primary N) is 1. The lowest BCUT2D eigenvalue weighted by atomic mass is 10.4. The van der Waals surface area contributed by atoms with E-state index in [1.165, 1.54) is 19.2 Å². The lowest BCUT2D eigenvalue weighted by Gasteiger charge is -2.14. The Labute approximate surface area is 99.6 Å². The number of nitrogen functional groups attached to an aromatic ring is 1. The fourth-order valence-corrected chi connectivity index (χ4v) is 1.90. The molecule has 2 N–H and O–H groups in total. The average molecular weight is 243 g/mol. The lowest BCUT2D eigenvalue weighted by molar-refractivity contribution is 0.232. The third-order valence-corrected chi connectivity index (χ3v) is 2.98. The van der Waals surface area contributed by atoms with Gasteiger partial charge in [0.15, 0.2) is 0 Å². The molecule has 88 valence electrons. The summed E-state index contributed by atoms with van der Waals surface area (Å²) >= 11 is 5.90. The number of rotatable bonds is 4. The van der Waals surface area contributed by atoms with Gasteiger partial charge in [-0.2, -0.15) is 0 Å². The zero-order chi connectivity index (χ0) is 11.4. The van der Waals surface area contributed by atoms with E-state index in [0.29, 0.717) is 17.5 Å². The first kappa shape index (κ1) is 11.4. The lowest BCUT2D eigenvalue weighted by Crippen LogP contribution is -2.25. The van der Waals surface area contributed by atoms with Crippen LogP contribution in [0.25, 0.3) is 0 Å². The summed E-state index contributed by atoms with van der Waals surface area (Å²) in [6.45, 7) is 3.79. The first-order valence-electron chi connectivity index (χ1n) is 5.38. The molecule has 1 fully saturated rings. The Hall–Kier alpha value is -1.07. The minimum Gasteiger partial charge on any atom is -0.475 e. The minimum absolute atomic E-state index is 0.257. The quantitative estimate of drug-likeness (QED) is 0.859. The molecule has 1 aromatic rings. The van der Waals surface area contributed by atoms with E-state index < -0.39 is 0 Å². The number of anilines is 1. The van der Waals surface area contributed by atoms with Gasteiger partial charge in [-0.15, -0.1) is 0 Å². The van der Waals surface area contributed by atoms with Gasteiger partial charge in [0.2, 0.25) is 5.88 Å². The van der Waals surface area contributed by atoms with Crippen molar-refractivity contribution in [3.05, 3.63) is 11.3 Å². The molecule has 0 bridgehead atoms. The molecule has 0 aromatic carbocycles. The van der Waals surface area contributed by atoms with Crippen molar-refractivity contribution in [3.8, 4) is 5.88 Å². The molecule has 16 heavy (non-hydrogen) atoms. The van der Waals surface area contributed by atoms with Crippen molar-refractivity contribution in [2.75, 3.05) is 32.0 Å². The predicted octanol–water partition coefficient (Wildman–Crippen LogP) is 1.19. The number of halogens is 1. The molecule has 5 nitrogen and oxygen atoms in total. The van der Waals surface area contributed by atoms with Crippen LogP contribution in [0.2, 0.25) is 5.02 Å². The predicted molar refractivity (Wildman–Crippen MR) is 62.6 cm³/mol. The molecule has 1 aliphatic rings. The van der Waals surface area contributed by atoms with Crippen molar-refractivity contribution >= 4 is 17.4 Å². The van der Waals surface area contributed by atoms with E-state index in [-0.39, 0.29) is 5.82 Å². The van der Waals surface area contributed by atoms with Crippen LogP contribution in [0, 0.1) is 0 Å². The van der Waals surface area contributed by atoms with E-state index in [4.69, 9.17) is 22.1 Å². The van der Waals surface area contributed by atoms with Crippen LogP contribution >= 0.6 is 11.6 Å². The molecule has 1 aliphatic heterocycles. The Kier molecular flexibility index (Phi) is 3.79. The largest absolute Gasteiger partial charge is 0.475 e. The van der Waals surface area contributed by atoms with Crippen LogP contribution in [-0.2, 0) is 0 Å². The highest BCUT2D eigenvalue weighted by molar-refractivity contribution is 6.33. The number of nitrogens with zero attached hydrogens (tertiary/aromatic N) is 3. The van der Waals surface area contributed by atoms with Crippen LogP contribution in [0.5, 0.6) is 5.88 Å². The Balaban J connectivity index is 1.82. The summed E-state index contributed by atoms with van der Waals surface area (Å²) in [4.78, 5) is 10.1. The molecule has 0 aliphatic carbocycles. The zero-order valence-electron chi connectivity index (χ0n) is 9.03. The van der Waals surface area contributed by atoms with Crippen LogP contribution in [0.15, 0.2) is 6.33 Å². The molecular weight excluding hydrogens is 228 g/mol. The monoisotopic (exact) mass is 242 g/mol. The van der Waals surface area contributed by atoms with Crippen molar-refractivity contribution < 1.29 is 4.74 Å². The van der Waals surface area contributed by atoms with Gasteiger partial charge < -0.3 is 10.5 Å². The van der Waals surface area contributed by atoms with Gasteiger partial charge >= 0.3 is 0 Å². The van der Waals surface area contributed by atoms with Crippen molar-refractivity contribution in [2.45, 2.75) is 12.8 Å². The average Bonchev–Trinajstić information content (AvgIpc) is 2.77. The third-order valence-electron chi connectivity index (χ3n) is 2.63. The number of aromatic nitrogens is 2. The van der Waals surface area contributed by atoms with Gasteiger partial charge in [0, 0.05) is 6.54 Å². The molecule has 2 rings (SSSR count). The maximum Gasteiger partial charge on any atom is 0.237 e. The topological polar surface area (TPSA) is 64.3 Å². The molecule has 0 spiro atoms. The summed E-state index contributed by atoms with van der Waals surface area (Å²) in [5, 5.41) is 0.295. The molecule has 0 saturated carbocycles. The number of likely N-dealkylation sites (tertiary alicyclic amines) is 1. The first-order valence-corrected chi connectivity index (χ1v) is 5.76. The molecule has 0 radical (unpaired) electrons.